The second kappa shape index (κ2) is 15.7. The molecule has 6 heteroatoms. The molecule has 2 aromatic heterocycles. The number of hydrogen-bond donors (Lipinski definition) is 0. The van der Waals surface area contributed by atoms with Gasteiger partial charge in [0.2, 0.25) is 0 Å². The average molecular weight is 931 g/mol. The molecule has 0 fully saturated rings. The summed E-state index contributed by atoms with van der Waals surface area (Å²) in [4.78, 5) is 9.20. The summed E-state index contributed by atoms with van der Waals surface area (Å²) in [5, 5.41) is 2.25. The number of anilines is 2. The molecule has 0 amide bonds. The number of rotatable bonds is 8. The first-order chi connectivity index (χ1) is 26.8. The van der Waals surface area contributed by atoms with Gasteiger partial charge in [-0.1, -0.05) is 96.4 Å². The van der Waals surface area contributed by atoms with E-state index in [2.05, 4.69) is 200 Å². The number of aryl methyl sites for hydroxylation is 3. The van der Waals surface area contributed by atoms with E-state index in [9.17, 15) is 0 Å². The van der Waals surface area contributed by atoms with E-state index in [1.807, 2.05) is 12.3 Å². The first-order valence-electron chi connectivity index (χ1n) is 19.8. The quantitative estimate of drug-likeness (QED) is 0.142. The van der Waals surface area contributed by atoms with Crippen LogP contribution in [0.15, 0.2) is 110 Å². The maximum atomic E-state index is 6.85. The van der Waals surface area contributed by atoms with Crippen molar-refractivity contribution < 1.29 is 25.8 Å². The summed E-state index contributed by atoms with van der Waals surface area (Å²) in [5.74, 6) is 2.77. The van der Waals surface area contributed by atoms with Crippen molar-refractivity contribution in [1.29, 1.82) is 0 Å². The third-order valence-electron chi connectivity index (χ3n) is 11.1. The molecule has 0 saturated heterocycles. The van der Waals surface area contributed by atoms with Crippen molar-refractivity contribution in [2.75, 3.05) is 9.80 Å². The molecule has 1 aliphatic rings. The second-order valence-corrected chi connectivity index (χ2v) is 16.9. The molecule has 0 bridgehead atoms. The number of aromatic nitrogens is 2. The van der Waals surface area contributed by atoms with Crippen LogP contribution in [0.1, 0.15) is 93.7 Å². The van der Waals surface area contributed by atoms with Crippen LogP contribution in [0.25, 0.3) is 38.8 Å². The fourth-order valence-electron chi connectivity index (χ4n) is 7.91. The maximum Gasteiger partial charge on any atom is 0.135 e. The number of benzene rings is 5. The van der Waals surface area contributed by atoms with Crippen molar-refractivity contribution in [1.82, 2.24) is 9.55 Å². The van der Waals surface area contributed by atoms with E-state index >= 15 is 0 Å². The molecule has 7 aromatic rings. The largest absolute Gasteiger partial charge is 0.509 e. The Morgan fingerprint density at radius 2 is 1.39 bits per heavy atom. The van der Waals surface area contributed by atoms with Crippen molar-refractivity contribution in [3.8, 4) is 28.4 Å². The molecular weight excluding hydrogens is 880 g/mol. The summed E-state index contributed by atoms with van der Waals surface area (Å²) >= 11 is 0. The van der Waals surface area contributed by atoms with Gasteiger partial charge in [-0.3, -0.25) is 0 Å². The fourth-order valence-corrected chi connectivity index (χ4v) is 7.91. The van der Waals surface area contributed by atoms with Crippen LogP contribution >= 0.6 is 0 Å². The van der Waals surface area contributed by atoms with Crippen LogP contribution in [0.3, 0.4) is 0 Å². The topological polar surface area (TPSA) is 33.5 Å². The van der Waals surface area contributed by atoms with Crippen molar-refractivity contribution in [2.24, 2.45) is 0 Å². The van der Waals surface area contributed by atoms with E-state index in [4.69, 9.17) is 9.72 Å². The van der Waals surface area contributed by atoms with Crippen LogP contribution in [0.5, 0.6) is 11.5 Å². The minimum Gasteiger partial charge on any atom is -0.509 e. The molecular formula is C51H51N4OPt-3. The molecule has 5 nitrogen and oxygen atoms in total. The van der Waals surface area contributed by atoms with Gasteiger partial charge in [-0.15, -0.1) is 53.6 Å². The zero-order valence-electron chi connectivity index (χ0n) is 34.6. The van der Waals surface area contributed by atoms with Gasteiger partial charge < -0.3 is 19.1 Å². The zero-order chi connectivity index (χ0) is 39.5. The summed E-state index contributed by atoms with van der Waals surface area (Å²) in [7, 11) is 0. The van der Waals surface area contributed by atoms with Crippen LogP contribution in [-0.2, 0) is 26.5 Å². The molecule has 8 rings (SSSR count). The van der Waals surface area contributed by atoms with Gasteiger partial charge in [0.1, 0.15) is 5.82 Å². The molecule has 5 aromatic carbocycles. The Kier molecular flexibility index (Phi) is 11.0. The van der Waals surface area contributed by atoms with Crippen LogP contribution in [0.4, 0.5) is 11.4 Å². The molecule has 3 heterocycles. The molecule has 0 atom stereocenters. The van der Waals surface area contributed by atoms with Gasteiger partial charge in [-0.2, -0.15) is 6.07 Å². The molecule has 0 saturated carbocycles. The van der Waals surface area contributed by atoms with Gasteiger partial charge in [0, 0.05) is 50.0 Å². The van der Waals surface area contributed by atoms with Crippen LogP contribution in [0, 0.1) is 39.6 Å². The normalized spacial score (nSPS) is 13.1. The molecule has 0 aliphatic carbocycles. The number of ether oxygens (including phenoxy) is 1. The first-order valence-corrected chi connectivity index (χ1v) is 19.8. The van der Waals surface area contributed by atoms with Crippen LogP contribution in [0.2, 0.25) is 0 Å². The number of pyridine rings is 1. The maximum absolute atomic E-state index is 6.85. The summed E-state index contributed by atoms with van der Waals surface area (Å²) < 4.78 is 9.06. The molecule has 0 radical (unpaired) electrons. The van der Waals surface area contributed by atoms with Crippen LogP contribution < -0.4 is 14.5 Å². The fraction of sp³-hybridized carbons (Fsp3) is 0.255. The van der Waals surface area contributed by atoms with E-state index in [1.54, 1.807) is 0 Å². The van der Waals surface area contributed by atoms with Crippen molar-refractivity contribution >= 4 is 33.2 Å². The van der Waals surface area contributed by atoms with Crippen molar-refractivity contribution in [3.63, 3.8) is 0 Å². The minimum absolute atomic E-state index is 0. The predicted octanol–water partition coefficient (Wildman–Crippen LogP) is 13.6. The van der Waals surface area contributed by atoms with E-state index in [0.717, 1.165) is 44.6 Å². The van der Waals surface area contributed by atoms with Crippen molar-refractivity contribution in [3.05, 3.63) is 162 Å². The Morgan fingerprint density at radius 1 is 0.684 bits per heavy atom. The third-order valence-corrected chi connectivity index (χ3v) is 11.1. The van der Waals surface area contributed by atoms with Gasteiger partial charge in [-0.05, 0) is 119 Å². The molecule has 0 spiro atoms. The zero-order valence-corrected chi connectivity index (χ0v) is 36.9. The Morgan fingerprint density at radius 3 is 2.11 bits per heavy atom. The van der Waals surface area contributed by atoms with E-state index in [1.165, 1.54) is 38.9 Å². The molecule has 1 aliphatic heterocycles. The number of nitrogens with zero attached hydrogens (tertiary/aromatic N) is 4. The molecule has 294 valence electrons. The van der Waals surface area contributed by atoms with Gasteiger partial charge in [0.15, 0.2) is 0 Å². The Hall–Kier alpha value is -5.12. The van der Waals surface area contributed by atoms with E-state index < -0.39 is 0 Å². The number of fused-ring (bicyclic) bond motifs is 3. The van der Waals surface area contributed by atoms with Gasteiger partial charge in [-0.25, -0.2) is 4.98 Å². The van der Waals surface area contributed by atoms with E-state index in [0.29, 0.717) is 23.3 Å². The summed E-state index contributed by atoms with van der Waals surface area (Å²) in [6.07, 6.45) is 6.12. The van der Waals surface area contributed by atoms with Crippen LogP contribution in [-0.4, -0.2) is 9.55 Å². The Bertz CT molecular complexity index is 2620. The Balaban J connectivity index is 0.00000496. The smallest absolute Gasteiger partial charge is 0.135 e. The van der Waals surface area contributed by atoms with Crippen molar-refractivity contribution in [2.45, 2.75) is 86.5 Å². The number of para-hydroxylation sites is 1. The van der Waals surface area contributed by atoms with Gasteiger partial charge >= 0.3 is 0 Å². The summed E-state index contributed by atoms with van der Waals surface area (Å²) in [6, 6.07) is 39.9. The summed E-state index contributed by atoms with van der Waals surface area (Å²) in [6.45, 7) is 24.4. The second-order valence-electron chi connectivity index (χ2n) is 16.9. The van der Waals surface area contributed by atoms with Gasteiger partial charge in [0.25, 0.3) is 0 Å². The minimum atomic E-state index is -0.0203. The van der Waals surface area contributed by atoms with Gasteiger partial charge in [0.05, 0.1) is 0 Å². The first kappa shape index (κ1) is 40.1. The molecule has 0 N–H and O–H groups in total. The monoisotopic (exact) mass is 930 g/mol. The summed E-state index contributed by atoms with van der Waals surface area (Å²) in [5.41, 5.74) is 14.0. The molecule has 57 heavy (non-hydrogen) atoms. The molecule has 0 unspecified atom stereocenters. The third kappa shape index (κ3) is 7.67. The Labute approximate surface area is 353 Å². The predicted molar refractivity (Wildman–Crippen MR) is 234 cm³/mol. The van der Waals surface area contributed by atoms with E-state index in [-0.39, 0.29) is 26.5 Å². The number of hydrogen-bond acceptors (Lipinski definition) is 4. The average Bonchev–Trinajstić information content (AvgIpc) is 3.79. The SMILES string of the molecule is Cc1cc(C)c(N2C=CN(c3[c-]c(Oc4[c-]c5c(cc4)c4ccccc4n5-c4cc(C(C)(C)C)ccn4)cc(-c4c(C(C)C)cccc4C(C)C)c3)[CH-]2)cc1C.[Pt]. The standard InChI is InChI=1S/C51H51N4O.Pt/c1-32(2)42-15-13-16-43(33(3)4)50(42)37-26-39(53-22-23-54(31-53)47-25-35(6)34(5)24-36(47)7)29-41(27-37)56-40-18-19-45-44-14-11-12-17-46(44)55(48(45)30-40)49-28-38(20-21-52-49)51(8,9)10;/h11-28,31-33H,1-10H3;/q-3;.